The van der Waals surface area contributed by atoms with E-state index in [9.17, 15) is 15.2 Å². The Hall–Kier alpha value is -1.66. The summed E-state index contributed by atoms with van der Waals surface area (Å²) in [6.07, 6.45) is -0.334. The fourth-order valence-electron chi connectivity index (χ4n) is 2.71. The molecule has 6 heteroatoms. The monoisotopic (exact) mass is 280 g/mol. The Morgan fingerprint density at radius 2 is 2.25 bits per heavy atom. The molecule has 0 amide bonds. The first kappa shape index (κ1) is 14.7. The number of nitro benzene ring substituents is 1. The van der Waals surface area contributed by atoms with Gasteiger partial charge < -0.3 is 14.7 Å². The molecule has 1 unspecified atom stereocenters. The summed E-state index contributed by atoms with van der Waals surface area (Å²) in [5.74, 6) is 0. The normalized spacial score (nSPS) is 21.8. The highest BCUT2D eigenvalue weighted by Gasteiger charge is 2.35. The van der Waals surface area contributed by atoms with Gasteiger partial charge in [0.2, 0.25) is 0 Å². The van der Waals surface area contributed by atoms with Crippen molar-refractivity contribution in [3.05, 3.63) is 33.9 Å². The lowest BCUT2D eigenvalue weighted by Gasteiger charge is -2.43. The van der Waals surface area contributed by atoms with Crippen molar-refractivity contribution < 1.29 is 14.8 Å². The van der Waals surface area contributed by atoms with Gasteiger partial charge in [0, 0.05) is 18.7 Å². The van der Waals surface area contributed by atoms with E-state index >= 15 is 0 Å². The molecule has 1 saturated heterocycles. The maximum absolute atomic E-state index is 11.3. The second-order valence-corrected chi connectivity index (χ2v) is 5.76. The number of hydrogen-bond acceptors (Lipinski definition) is 5. The Kier molecular flexibility index (Phi) is 3.96. The average molecular weight is 280 g/mol. The van der Waals surface area contributed by atoms with Crippen molar-refractivity contribution >= 4 is 11.4 Å². The lowest BCUT2D eigenvalue weighted by Crippen LogP contribution is -2.54. The first-order chi connectivity index (χ1) is 9.34. The number of nitrogens with zero attached hydrogens (tertiary/aromatic N) is 2. The summed E-state index contributed by atoms with van der Waals surface area (Å²) in [6, 6.07) is 5.30. The van der Waals surface area contributed by atoms with Crippen molar-refractivity contribution in [2.75, 3.05) is 24.6 Å². The summed E-state index contributed by atoms with van der Waals surface area (Å²) >= 11 is 0. The zero-order valence-corrected chi connectivity index (χ0v) is 12.0. The van der Waals surface area contributed by atoms with Gasteiger partial charge in [-0.2, -0.15) is 0 Å². The van der Waals surface area contributed by atoms with Gasteiger partial charge in [0.05, 0.1) is 23.2 Å². The molecular weight excluding hydrogens is 260 g/mol. The van der Waals surface area contributed by atoms with Gasteiger partial charge in [0.15, 0.2) is 0 Å². The van der Waals surface area contributed by atoms with E-state index in [2.05, 4.69) is 0 Å². The number of aryl methyl sites for hydroxylation is 1. The molecule has 0 aromatic heterocycles. The third-order valence-electron chi connectivity index (χ3n) is 3.42. The van der Waals surface area contributed by atoms with E-state index in [1.807, 2.05) is 24.8 Å². The first-order valence-corrected chi connectivity index (χ1v) is 6.61. The Labute approximate surface area is 118 Å². The van der Waals surface area contributed by atoms with Crippen LogP contribution in [0.2, 0.25) is 0 Å². The molecule has 1 heterocycles. The van der Waals surface area contributed by atoms with Crippen molar-refractivity contribution in [1.29, 1.82) is 0 Å². The molecule has 1 fully saturated rings. The fraction of sp³-hybridized carbons (Fsp3) is 0.571. The van der Waals surface area contributed by atoms with E-state index in [0.29, 0.717) is 24.3 Å². The van der Waals surface area contributed by atoms with Crippen LogP contribution in [-0.2, 0) is 4.74 Å². The highest BCUT2D eigenvalue weighted by Crippen LogP contribution is 2.34. The highest BCUT2D eigenvalue weighted by molar-refractivity contribution is 5.67. The molecule has 0 aliphatic carbocycles. The van der Waals surface area contributed by atoms with Gasteiger partial charge in [-0.05, 0) is 26.8 Å². The minimum absolute atomic E-state index is 0.0977. The van der Waals surface area contributed by atoms with E-state index in [1.54, 1.807) is 19.1 Å². The Morgan fingerprint density at radius 3 is 2.85 bits per heavy atom. The number of hydrogen-bond donors (Lipinski definition) is 1. The molecule has 1 aromatic rings. The zero-order chi connectivity index (χ0) is 14.9. The van der Waals surface area contributed by atoms with Gasteiger partial charge >= 0.3 is 0 Å². The maximum atomic E-state index is 11.3. The molecule has 1 N–H and O–H groups in total. The number of morpholine rings is 1. The van der Waals surface area contributed by atoms with Gasteiger partial charge in [-0.15, -0.1) is 0 Å². The lowest BCUT2D eigenvalue weighted by atomic mass is 10.0. The lowest BCUT2D eigenvalue weighted by molar-refractivity contribution is -0.384. The predicted octanol–water partition coefficient (Wildman–Crippen LogP) is 1.88. The number of nitro groups is 1. The molecule has 1 aliphatic heterocycles. The van der Waals surface area contributed by atoms with E-state index in [0.717, 1.165) is 0 Å². The Bertz CT molecular complexity index is 516. The van der Waals surface area contributed by atoms with Crippen LogP contribution in [-0.4, -0.2) is 41.4 Å². The van der Waals surface area contributed by atoms with E-state index in [1.165, 1.54) is 0 Å². The minimum Gasteiger partial charge on any atom is -0.394 e. The van der Waals surface area contributed by atoms with Crippen LogP contribution in [0, 0.1) is 17.0 Å². The molecular formula is C14H20N2O4. The molecule has 0 saturated carbocycles. The van der Waals surface area contributed by atoms with Crippen LogP contribution in [0.3, 0.4) is 0 Å². The van der Waals surface area contributed by atoms with Gasteiger partial charge in [0.25, 0.3) is 5.69 Å². The standard InChI is InChI=1S/C14H20N2O4/c1-10-5-4-6-12(13(10)16(18)19)15-7-11(8-17)20-14(2,3)9-15/h4-6,11,17H,7-9H2,1-3H3. The predicted molar refractivity (Wildman–Crippen MR) is 76.1 cm³/mol. The number of aliphatic hydroxyl groups is 1. The summed E-state index contributed by atoms with van der Waals surface area (Å²) in [5.41, 5.74) is 0.896. The summed E-state index contributed by atoms with van der Waals surface area (Å²) in [7, 11) is 0. The van der Waals surface area contributed by atoms with Crippen molar-refractivity contribution in [2.45, 2.75) is 32.5 Å². The molecule has 2 rings (SSSR count). The van der Waals surface area contributed by atoms with Crippen LogP contribution >= 0.6 is 0 Å². The van der Waals surface area contributed by atoms with Crippen molar-refractivity contribution in [1.82, 2.24) is 0 Å². The molecule has 110 valence electrons. The fourth-order valence-corrected chi connectivity index (χ4v) is 2.71. The number of ether oxygens (including phenoxy) is 1. The first-order valence-electron chi connectivity index (χ1n) is 6.61. The van der Waals surface area contributed by atoms with Crippen LogP contribution < -0.4 is 4.90 Å². The molecule has 0 bridgehead atoms. The van der Waals surface area contributed by atoms with E-state index < -0.39 is 5.60 Å². The molecule has 20 heavy (non-hydrogen) atoms. The second kappa shape index (κ2) is 5.38. The number of para-hydroxylation sites is 1. The van der Waals surface area contributed by atoms with Crippen molar-refractivity contribution in [3.63, 3.8) is 0 Å². The van der Waals surface area contributed by atoms with Gasteiger partial charge in [0.1, 0.15) is 5.69 Å². The number of benzene rings is 1. The second-order valence-electron chi connectivity index (χ2n) is 5.76. The van der Waals surface area contributed by atoms with Crippen LogP contribution in [0.1, 0.15) is 19.4 Å². The van der Waals surface area contributed by atoms with Crippen molar-refractivity contribution in [3.8, 4) is 0 Å². The Morgan fingerprint density at radius 1 is 1.55 bits per heavy atom. The van der Waals surface area contributed by atoms with Crippen LogP contribution in [0.5, 0.6) is 0 Å². The van der Waals surface area contributed by atoms with Gasteiger partial charge in [-0.1, -0.05) is 12.1 Å². The molecule has 1 aliphatic rings. The topological polar surface area (TPSA) is 75.8 Å². The number of aliphatic hydroxyl groups excluding tert-OH is 1. The van der Waals surface area contributed by atoms with E-state index in [4.69, 9.17) is 4.74 Å². The molecule has 1 aromatic carbocycles. The third kappa shape index (κ3) is 2.91. The van der Waals surface area contributed by atoms with E-state index in [-0.39, 0.29) is 23.3 Å². The minimum atomic E-state index is -0.455. The summed E-state index contributed by atoms with van der Waals surface area (Å²) in [4.78, 5) is 12.9. The van der Waals surface area contributed by atoms with Crippen LogP contribution in [0.4, 0.5) is 11.4 Å². The summed E-state index contributed by atoms with van der Waals surface area (Å²) < 4.78 is 5.74. The third-order valence-corrected chi connectivity index (χ3v) is 3.42. The van der Waals surface area contributed by atoms with Gasteiger partial charge in [-0.3, -0.25) is 10.1 Å². The molecule has 0 spiro atoms. The van der Waals surface area contributed by atoms with Crippen LogP contribution in [0.25, 0.3) is 0 Å². The van der Waals surface area contributed by atoms with Crippen molar-refractivity contribution in [2.24, 2.45) is 0 Å². The van der Waals surface area contributed by atoms with Gasteiger partial charge in [-0.25, -0.2) is 0 Å². The molecule has 1 atom stereocenters. The Balaban J connectivity index is 2.40. The van der Waals surface area contributed by atoms with Crippen LogP contribution in [0.15, 0.2) is 18.2 Å². The molecule has 0 radical (unpaired) electrons. The largest absolute Gasteiger partial charge is 0.394 e. The number of anilines is 1. The average Bonchev–Trinajstić information content (AvgIpc) is 2.36. The molecule has 6 nitrogen and oxygen atoms in total. The maximum Gasteiger partial charge on any atom is 0.295 e. The number of rotatable bonds is 3. The SMILES string of the molecule is Cc1cccc(N2CC(CO)OC(C)(C)C2)c1[N+](=O)[O-]. The quantitative estimate of drug-likeness (QED) is 0.676. The zero-order valence-electron chi connectivity index (χ0n) is 12.0. The smallest absolute Gasteiger partial charge is 0.295 e. The summed E-state index contributed by atoms with van der Waals surface area (Å²) in [5, 5.41) is 20.6. The summed E-state index contributed by atoms with van der Waals surface area (Å²) in [6.45, 7) is 6.47. The highest BCUT2D eigenvalue weighted by atomic mass is 16.6.